The molecule has 0 bridgehead atoms. The van der Waals surface area contributed by atoms with Crippen LogP contribution in [0.5, 0.6) is 0 Å². The highest BCUT2D eigenvalue weighted by Crippen LogP contribution is 2.12. The number of amides is 1. The number of ether oxygens (including phenoxy) is 1. The van der Waals surface area contributed by atoms with Crippen LogP contribution < -0.4 is 11.1 Å². The van der Waals surface area contributed by atoms with Gasteiger partial charge in [0.25, 0.3) is 5.91 Å². The first kappa shape index (κ1) is 16.9. The van der Waals surface area contributed by atoms with Crippen LogP contribution in [-0.4, -0.2) is 29.0 Å². The zero-order valence-corrected chi connectivity index (χ0v) is 13.0. The van der Waals surface area contributed by atoms with E-state index >= 15 is 0 Å². The maximum atomic E-state index is 12.0. The monoisotopic (exact) mass is 293 g/mol. The standard InChI is InChI=1S/C15H23N3O3/c1-5-6-9(2)18-14(19)11(4)21-15(20)13-7-12(16)8-17-10(13)3/h7-9,11H,5-6,16H2,1-4H3,(H,18,19). The Morgan fingerprint density at radius 1 is 1.43 bits per heavy atom. The third-order valence-corrected chi connectivity index (χ3v) is 3.09. The van der Waals surface area contributed by atoms with Crippen LogP contribution in [0.2, 0.25) is 0 Å². The highest BCUT2D eigenvalue weighted by atomic mass is 16.5. The van der Waals surface area contributed by atoms with Crippen molar-refractivity contribution >= 4 is 17.6 Å². The number of carbonyl (C=O) groups excluding carboxylic acids is 2. The molecule has 0 saturated carbocycles. The first-order valence-electron chi connectivity index (χ1n) is 7.08. The van der Waals surface area contributed by atoms with Gasteiger partial charge in [-0.3, -0.25) is 9.78 Å². The quantitative estimate of drug-likeness (QED) is 0.780. The Morgan fingerprint density at radius 2 is 2.10 bits per heavy atom. The number of carbonyl (C=O) groups is 2. The van der Waals surface area contributed by atoms with Crippen LogP contribution in [0.3, 0.4) is 0 Å². The molecule has 0 radical (unpaired) electrons. The molecule has 0 aromatic carbocycles. The lowest BCUT2D eigenvalue weighted by atomic mass is 10.2. The molecule has 1 amide bonds. The van der Waals surface area contributed by atoms with E-state index in [9.17, 15) is 9.59 Å². The van der Waals surface area contributed by atoms with Gasteiger partial charge in [-0.15, -0.1) is 0 Å². The van der Waals surface area contributed by atoms with Gasteiger partial charge in [0.15, 0.2) is 6.10 Å². The molecule has 1 rings (SSSR count). The molecule has 1 aromatic heterocycles. The number of anilines is 1. The normalized spacial score (nSPS) is 13.3. The molecule has 6 heteroatoms. The highest BCUT2D eigenvalue weighted by Gasteiger charge is 2.21. The van der Waals surface area contributed by atoms with Gasteiger partial charge in [0.05, 0.1) is 23.1 Å². The van der Waals surface area contributed by atoms with E-state index in [2.05, 4.69) is 10.3 Å². The maximum Gasteiger partial charge on any atom is 0.340 e. The third-order valence-electron chi connectivity index (χ3n) is 3.09. The Balaban J connectivity index is 2.65. The van der Waals surface area contributed by atoms with Gasteiger partial charge in [-0.05, 0) is 33.3 Å². The van der Waals surface area contributed by atoms with Crippen molar-refractivity contribution in [2.45, 2.75) is 52.7 Å². The number of rotatable bonds is 6. The second kappa shape index (κ2) is 7.61. The fourth-order valence-electron chi connectivity index (χ4n) is 1.90. The van der Waals surface area contributed by atoms with Crippen molar-refractivity contribution in [2.24, 2.45) is 0 Å². The molecule has 21 heavy (non-hydrogen) atoms. The van der Waals surface area contributed by atoms with Gasteiger partial charge >= 0.3 is 5.97 Å². The molecule has 0 fully saturated rings. The molecule has 3 N–H and O–H groups in total. The topological polar surface area (TPSA) is 94.3 Å². The molecule has 0 aliphatic carbocycles. The molecular weight excluding hydrogens is 270 g/mol. The van der Waals surface area contributed by atoms with Crippen molar-refractivity contribution in [2.75, 3.05) is 5.73 Å². The summed E-state index contributed by atoms with van der Waals surface area (Å²) in [5.41, 5.74) is 6.77. The number of pyridine rings is 1. The van der Waals surface area contributed by atoms with Crippen LogP contribution in [0.4, 0.5) is 5.69 Å². The van der Waals surface area contributed by atoms with Crippen molar-refractivity contribution in [1.29, 1.82) is 0 Å². The second-order valence-electron chi connectivity index (χ2n) is 5.15. The predicted molar refractivity (Wildman–Crippen MR) is 80.8 cm³/mol. The van der Waals surface area contributed by atoms with Crippen LogP contribution in [0, 0.1) is 6.92 Å². The van der Waals surface area contributed by atoms with E-state index in [4.69, 9.17) is 10.5 Å². The van der Waals surface area contributed by atoms with E-state index in [1.165, 1.54) is 12.3 Å². The third kappa shape index (κ3) is 5.06. The minimum absolute atomic E-state index is 0.0550. The summed E-state index contributed by atoms with van der Waals surface area (Å²) in [6.07, 6.45) is 2.46. The smallest absolute Gasteiger partial charge is 0.340 e. The molecule has 6 nitrogen and oxygen atoms in total. The van der Waals surface area contributed by atoms with Gasteiger partial charge < -0.3 is 15.8 Å². The number of esters is 1. The number of nitrogens with zero attached hydrogens (tertiary/aromatic N) is 1. The van der Waals surface area contributed by atoms with Gasteiger partial charge in [-0.2, -0.15) is 0 Å². The van der Waals surface area contributed by atoms with E-state index in [1.54, 1.807) is 13.8 Å². The first-order valence-corrected chi connectivity index (χ1v) is 7.08. The average Bonchev–Trinajstić information content (AvgIpc) is 2.41. The number of nitrogens with two attached hydrogens (primary N) is 1. The van der Waals surface area contributed by atoms with Crippen LogP contribution >= 0.6 is 0 Å². The number of hydrogen-bond acceptors (Lipinski definition) is 5. The largest absolute Gasteiger partial charge is 0.449 e. The number of hydrogen-bond donors (Lipinski definition) is 2. The lowest BCUT2D eigenvalue weighted by Gasteiger charge is -2.17. The van der Waals surface area contributed by atoms with Crippen molar-refractivity contribution in [1.82, 2.24) is 10.3 Å². The minimum atomic E-state index is -0.863. The predicted octanol–water partition coefficient (Wildman–Crippen LogP) is 1.82. The van der Waals surface area contributed by atoms with Crippen molar-refractivity contribution < 1.29 is 14.3 Å². The zero-order chi connectivity index (χ0) is 16.0. The summed E-state index contributed by atoms with van der Waals surface area (Å²) in [5, 5.41) is 2.81. The van der Waals surface area contributed by atoms with E-state index in [-0.39, 0.29) is 17.5 Å². The molecular formula is C15H23N3O3. The summed E-state index contributed by atoms with van der Waals surface area (Å²) in [4.78, 5) is 28.0. The molecule has 116 valence electrons. The van der Waals surface area contributed by atoms with Crippen LogP contribution in [0.15, 0.2) is 12.3 Å². The van der Waals surface area contributed by atoms with E-state index in [1.807, 2.05) is 13.8 Å². The fraction of sp³-hybridized carbons (Fsp3) is 0.533. The molecule has 2 unspecified atom stereocenters. The summed E-state index contributed by atoms with van der Waals surface area (Å²) in [7, 11) is 0. The first-order chi connectivity index (χ1) is 9.85. The molecule has 0 aliphatic rings. The summed E-state index contributed by atoms with van der Waals surface area (Å²) in [5.74, 6) is -0.906. The molecule has 0 spiro atoms. The van der Waals surface area contributed by atoms with Gasteiger partial charge in [-0.1, -0.05) is 13.3 Å². The summed E-state index contributed by atoms with van der Waals surface area (Å²) in [6, 6.07) is 1.55. The molecule has 2 atom stereocenters. The number of nitrogen functional groups attached to an aromatic ring is 1. The van der Waals surface area contributed by atoms with E-state index in [0.717, 1.165) is 12.8 Å². The molecule has 0 saturated heterocycles. The van der Waals surface area contributed by atoms with Crippen LogP contribution in [0.1, 0.15) is 49.7 Å². The number of aryl methyl sites for hydroxylation is 1. The fourth-order valence-corrected chi connectivity index (χ4v) is 1.90. The second-order valence-corrected chi connectivity index (χ2v) is 5.15. The van der Waals surface area contributed by atoms with Gasteiger partial charge in [0, 0.05) is 6.04 Å². The van der Waals surface area contributed by atoms with E-state index in [0.29, 0.717) is 11.4 Å². The maximum absolute atomic E-state index is 12.0. The van der Waals surface area contributed by atoms with Crippen LogP contribution in [-0.2, 0) is 9.53 Å². The van der Waals surface area contributed by atoms with Crippen molar-refractivity contribution in [3.8, 4) is 0 Å². The van der Waals surface area contributed by atoms with Crippen molar-refractivity contribution in [3.63, 3.8) is 0 Å². The van der Waals surface area contributed by atoms with Crippen LogP contribution in [0.25, 0.3) is 0 Å². The Morgan fingerprint density at radius 3 is 2.71 bits per heavy atom. The zero-order valence-electron chi connectivity index (χ0n) is 13.0. The summed E-state index contributed by atoms with van der Waals surface area (Å²) < 4.78 is 5.17. The average molecular weight is 293 g/mol. The summed E-state index contributed by atoms with van der Waals surface area (Å²) in [6.45, 7) is 7.19. The number of aromatic nitrogens is 1. The Bertz CT molecular complexity index is 517. The van der Waals surface area contributed by atoms with E-state index < -0.39 is 12.1 Å². The number of nitrogens with one attached hydrogen (secondary N) is 1. The SMILES string of the molecule is CCCC(C)NC(=O)C(C)OC(=O)c1cc(N)cnc1C. The van der Waals surface area contributed by atoms with Gasteiger partial charge in [0.1, 0.15) is 0 Å². The highest BCUT2D eigenvalue weighted by molar-refractivity contribution is 5.93. The molecule has 1 aromatic rings. The Kier molecular flexibility index (Phi) is 6.14. The lowest BCUT2D eigenvalue weighted by molar-refractivity contribution is -0.129. The minimum Gasteiger partial charge on any atom is -0.449 e. The van der Waals surface area contributed by atoms with Gasteiger partial charge in [-0.25, -0.2) is 4.79 Å². The van der Waals surface area contributed by atoms with Crippen molar-refractivity contribution in [3.05, 3.63) is 23.5 Å². The lowest BCUT2D eigenvalue weighted by Crippen LogP contribution is -2.40. The Hall–Kier alpha value is -2.11. The summed E-state index contributed by atoms with van der Waals surface area (Å²) >= 11 is 0. The molecule has 1 heterocycles. The Labute approximate surface area is 125 Å². The van der Waals surface area contributed by atoms with Gasteiger partial charge in [0.2, 0.25) is 0 Å². The molecule has 0 aliphatic heterocycles.